The second-order valence-electron chi connectivity index (χ2n) is 5.66. The summed E-state index contributed by atoms with van der Waals surface area (Å²) in [5.74, 6) is 0. The van der Waals surface area contributed by atoms with Crippen LogP contribution in [-0.2, 0) is 11.8 Å². The van der Waals surface area contributed by atoms with Gasteiger partial charge in [0.25, 0.3) is 0 Å². The minimum absolute atomic E-state index is 0.188. The molecule has 118 valence electrons. The Morgan fingerprint density at radius 3 is 2.71 bits per heavy atom. The SMILES string of the molecule is CCOC(=O)N1CCC(NC(C)c2cnn(C)c2C)CC1. The van der Waals surface area contributed by atoms with Gasteiger partial charge in [-0.25, -0.2) is 4.79 Å². The molecule has 1 unspecified atom stereocenters. The molecule has 1 fully saturated rings. The minimum atomic E-state index is -0.188. The van der Waals surface area contributed by atoms with Crippen molar-refractivity contribution in [3.05, 3.63) is 17.5 Å². The lowest BCUT2D eigenvalue weighted by atomic mass is 10.0. The number of amides is 1. The third-order valence-corrected chi connectivity index (χ3v) is 4.25. The fourth-order valence-corrected chi connectivity index (χ4v) is 2.83. The van der Waals surface area contributed by atoms with Crippen molar-refractivity contribution in [2.24, 2.45) is 7.05 Å². The lowest BCUT2D eigenvalue weighted by Gasteiger charge is -2.33. The lowest BCUT2D eigenvalue weighted by molar-refractivity contribution is 0.0943. The monoisotopic (exact) mass is 294 g/mol. The predicted molar refractivity (Wildman–Crippen MR) is 81.1 cm³/mol. The topological polar surface area (TPSA) is 59.4 Å². The summed E-state index contributed by atoms with van der Waals surface area (Å²) >= 11 is 0. The number of hydrogen-bond donors (Lipinski definition) is 1. The first kappa shape index (κ1) is 15.8. The van der Waals surface area contributed by atoms with Crippen molar-refractivity contribution in [1.82, 2.24) is 20.0 Å². The number of carbonyl (C=O) groups is 1. The van der Waals surface area contributed by atoms with Crippen LogP contribution in [0, 0.1) is 6.92 Å². The number of carbonyl (C=O) groups excluding carboxylic acids is 1. The van der Waals surface area contributed by atoms with Crippen LogP contribution in [0.15, 0.2) is 6.20 Å². The maximum absolute atomic E-state index is 11.7. The second kappa shape index (κ2) is 6.93. The smallest absolute Gasteiger partial charge is 0.409 e. The van der Waals surface area contributed by atoms with Crippen LogP contribution in [0.5, 0.6) is 0 Å². The van der Waals surface area contributed by atoms with Crippen molar-refractivity contribution in [3.8, 4) is 0 Å². The van der Waals surface area contributed by atoms with Crippen LogP contribution < -0.4 is 5.32 Å². The number of nitrogens with one attached hydrogen (secondary N) is 1. The van der Waals surface area contributed by atoms with Crippen LogP contribution in [0.4, 0.5) is 4.79 Å². The summed E-state index contributed by atoms with van der Waals surface area (Å²) in [6, 6.07) is 0.711. The Labute approximate surface area is 126 Å². The molecular weight excluding hydrogens is 268 g/mol. The van der Waals surface area contributed by atoms with E-state index < -0.39 is 0 Å². The Hall–Kier alpha value is -1.56. The van der Waals surface area contributed by atoms with E-state index in [4.69, 9.17) is 4.74 Å². The molecule has 0 bridgehead atoms. The van der Waals surface area contributed by atoms with Crippen LogP contribution in [0.3, 0.4) is 0 Å². The van der Waals surface area contributed by atoms with Gasteiger partial charge in [0.2, 0.25) is 0 Å². The second-order valence-corrected chi connectivity index (χ2v) is 5.66. The molecule has 1 N–H and O–H groups in total. The first-order valence-electron chi connectivity index (χ1n) is 7.69. The van der Waals surface area contributed by atoms with E-state index in [-0.39, 0.29) is 12.1 Å². The average Bonchev–Trinajstić information content (AvgIpc) is 2.80. The molecule has 1 amide bonds. The highest BCUT2D eigenvalue weighted by Gasteiger charge is 2.25. The molecule has 0 aromatic carbocycles. The van der Waals surface area contributed by atoms with Gasteiger partial charge in [0.15, 0.2) is 0 Å². The molecule has 1 aromatic rings. The molecular formula is C15H26N4O2. The number of nitrogens with zero attached hydrogens (tertiary/aromatic N) is 3. The highest BCUT2D eigenvalue weighted by atomic mass is 16.6. The number of hydrogen-bond acceptors (Lipinski definition) is 4. The van der Waals surface area contributed by atoms with Gasteiger partial charge in [-0.3, -0.25) is 4.68 Å². The third kappa shape index (κ3) is 3.75. The Morgan fingerprint density at radius 1 is 1.52 bits per heavy atom. The lowest BCUT2D eigenvalue weighted by Crippen LogP contribution is -2.45. The van der Waals surface area contributed by atoms with Crippen molar-refractivity contribution in [3.63, 3.8) is 0 Å². The Morgan fingerprint density at radius 2 is 2.19 bits per heavy atom. The highest BCUT2D eigenvalue weighted by molar-refractivity contribution is 5.67. The first-order valence-corrected chi connectivity index (χ1v) is 7.69. The maximum Gasteiger partial charge on any atom is 0.409 e. The molecule has 0 saturated carbocycles. The zero-order valence-corrected chi connectivity index (χ0v) is 13.4. The Balaban J connectivity index is 1.83. The molecule has 1 saturated heterocycles. The molecule has 21 heavy (non-hydrogen) atoms. The zero-order chi connectivity index (χ0) is 15.4. The van der Waals surface area contributed by atoms with E-state index in [0.29, 0.717) is 12.6 Å². The van der Waals surface area contributed by atoms with Crippen molar-refractivity contribution < 1.29 is 9.53 Å². The normalized spacial score (nSPS) is 17.8. The van der Waals surface area contributed by atoms with Gasteiger partial charge in [-0.1, -0.05) is 0 Å². The van der Waals surface area contributed by atoms with E-state index in [9.17, 15) is 4.79 Å². The summed E-state index contributed by atoms with van der Waals surface area (Å²) in [6.07, 6.45) is 3.66. The van der Waals surface area contributed by atoms with Crippen LogP contribution in [0.1, 0.15) is 44.0 Å². The van der Waals surface area contributed by atoms with Gasteiger partial charge < -0.3 is 15.0 Å². The summed E-state index contributed by atoms with van der Waals surface area (Å²) < 4.78 is 6.94. The van der Waals surface area contributed by atoms with Gasteiger partial charge in [0, 0.05) is 43.5 Å². The highest BCUT2D eigenvalue weighted by Crippen LogP contribution is 2.20. The largest absolute Gasteiger partial charge is 0.450 e. The number of piperidine rings is 1. The minimum Gasteiger partial charge on any atom is -0.450 e. The number of aromatic nitrogens is 2. The van der Waals surface area contributed by atoms with Gasteiger partial charge >= 0.3 is 6.09 Å². The van der Waals surface area contributed by atoms with Crippen LogP contribution in [0.2, 0.25) is 0 Å². The first-order chi connectivity index (χ1) is 10.0. The van der Waals surface area contributed by atoms with Gasteiger partial charge in [-0.2, -0.15) is 5.10 Å². The predicted octanol–water partition coefficient (Wildman–Crippen LogP) is 2.00. The molecule has 2 rings (SSSR count). The van der Waals surface area contributed by atoms with Crippen LogP contribution in [0.25, 0.3) is 0 Å². The Bertz CT molecular complexity index is 478. The number of ether oxygens (including phenoxy) is 1. The molecule has 0 spiro atoms. The van der Waals surface area contributed by atoms with Crippen molar-refractivity contribution in [2.45, 2.75) is 45.7 Å². The molecule has 0 aliphatic carbocycles. The van der Waals surface area contributed by atoms with Crippen molar-refractivity contribution in [2.75, 3.05) is 19.7 Å². The van der Waals surface area contributed by atoms with E-state index >= 15 is 0 Å². The molecule has 6 nitrogen and oxygen atoms in total. The summed E-state index contributed by atoms with van der Waals surface area (Å²) in [5.41, 5.74) is 2.43. The fraction of sp³-hybridized carbons (Fsp3) is 0.733. The Kier molecular flexibility index (Phi) is 5.22. The number of aryl methyl sites for hydroxylation is 1. The molecule has 2 heterocycles. The molecule has 1 aromatic heterocycles. The maximum atomic E-state index is 11.7. The molecule has 1 aliphatic heterocycles. The summed E-state index contributed by atoms with van der Waals surface area (Å²) in [4.78, 5) is 13.5. The van der Waals surface area contributed by atoms with Gasteiger partial charge in [-0.05, 0) is 33.6 Å². The van der Waals surface area contributed by atoms with Crippen molar-refractivity contribution in [1.29, 1.82) is 0 Å². The van der Waals surface area contributed by atoms with Crippen LogP contribution in [-0.4, -0.2) is 46.5 Å². The number of rotatable bonds is 4. The van der Waals surface area contributed by atoms with Crippen LogP contribution >= 0.6 is 0 Å². The molecule has 6 heteroatoms. The summed E-state index contributed by atoms with van der Waals surface area (Å²) in [7, 11) is 1.96. The summed E-state index contributed by atoms with van der Waals surface area (Å²) in [5, 5.41) is 7.94. The molecule has 1 atom stereocenters. The molecule has 0 radical (unpaired) electrons. The van der Waals surface area contributed by atoms with Crippen molar-refractivity contribution >= 4 is 6.09 Å². The summed E-state index contributed by atoms with van der Waals surface area (Å²) in [6.45, 7) is 8.05. The average molecular weight is 294 g/mol. The van der Waals surface area contributed by atoms with E-state index in [1.165, 1.54) is 11.3 Å². The zero-order valence-electron chi connectivity index (χ0n) is 13.4. The van der Waals surface area contributed by atoms with Gasteiger partial charge in [0.05, 0.1) is 12.8 Å². The third-order valence-electron chi connectivity index (χ3n) is 4.25. The van der Waals surface area contributed by atoms with E-state index in [2.05, 4.69) is 24.3 Å². The number of likely N-dealkylation sites (tertiary alicyclic amines) is 1. The van der Waals surface area contributed by atoms with Gasteiger partial charge in [-0.15, -0.1) is 0 Å². The standard InChI is InChI=1S/C15H26N4O2/c1-5-21-15(20)19-8-6-13(7-9-19)17-11(2)14-10-16-18(4)12(14)3/h10-11,13,17H,5-9H2,1-4H3. The van der Waals surface area contributed by atoms with E-state index in [1.54, 1.807) is 4.90 Å². The van der Waals surface area contributed by atoms with Gasteiger partial charge in [0.1, 0.15) is 0 Å². The fourth-order valence-electron chi connectivity index (χ4n) is 2.83. The van der Waals surface area contributed by atoms with E-state index in [0.717, 1.165) is 25.9 Å². The molecule has 1 aliphatic rings. The van der Waals surface area contributed by atoms with E-state index in [1.807, 2.05) is 24.9 Å². The quantitative estimate of drug-likeness (QED) is 0.922.